The Labute approximate surface area is 113 Å². The minimum Gasteiger partial charge on any atom is -0.462 e. The lowest BCUT2D eigenvalue weighted by Crippen LogP contribution is -2.12. The number of esters is 1. The molecule has 0 atom stereocenters. The zero-order valence-electron chi connectivity index (χ0n) is 9.95. The summed E-state index contributed by atoms with van der Waals surface area (Å²) in [4.78, 5) is 11.6. The van der Waals surface area contributed by atoms with E-state index in [1.165, 1.54) is 12.1 Å². The highest BCUT2D eigenvalue weighted by Gasteiger charge is 2.22. The molecule has 0 unspecified atom stereocenters. The summed E-state index contributed by atoms with van der Waals surface area (Å²) in [6, 6.07) is 4.35. The Balaban J connectivity index is 3.38. The molecule has 1 aromatic rings. The molecule has 0 aliphatic heterocycles. The first-order chi connectivity index (χ1) is 9.04. The van der Waals surface area contributed by atoms with E-state index in [0.717, 1.165) is 0 Å². The maximum Gasteiger partial charge on any atom is 0.387 e. The van der Waals surface area contributed by atoms with Crippen LogP contribution >= 0.6 is 11.6 Å². The van der Waals surface area contributed by atoms with Gasteiger partial charge in [0.1, 0.15) is 11.6 Å². The highest BCUT2D eigenvalue weighted by Crippen LogP contribution is 2.30. The second kappa shape index (κ2) is 6.90. The predicted molar refractivity (Wildman–Crippen MR) is 63.3 cm³/mol. The van der Waals surface area contributed by atoms with Crippen molar-refractivity contribution < 1.29 is 23.0 Å². The fraction of sp³-hybridized carbons (Fsp3) is 0.333. The van der Waals surface area contributed by atoms with Crippen molar-refractivity contribution in [2.24, 2.45) is 0 Å². The Hall–Kier alpha value is -1.87. The number of nitriles is 1. The average molecular weight is 290 g/mol. The molecule has 0 saturated heterocycles. The summed E-state index contributed by atoms with van der Waals surface area (Å²) in [5, 5.41) is 8.99. The highest BCUT2D eigenvalue weighted by molar-refractivity contribution is 6.17. The van der Waals surface area contributed by atoms with Gasteiger partial charge in [-0.2, -0.15) is 14.0 Å². The molecule has 0 fully saturated rings. The maximum atomic E-state index is 12.4. The van der Waals surface area contributed by atoms with Crippen LogP contribution in [0.25, 0.3) is 0 Å². The van der Waals surface area contributed by atoms with Gasteiger partial charge in [0.25, 0.3) is 0 Å². The van der Waals surface area contributed by atoms with Crippen molar-refractivity contribution in [1.29, 1.82) is 5.26 Å². The molecule has 0 amide bonds. The number of rotatable bonds is 5. The van der Waals surface area contributed by atoms with Crippen LogP contribution in [-0.4, -0.2) is 19.2 Å². The lowest BCUT2D eigenvalue weighted by molar-refractivity contribution is -0.0506. The predicted octanol–water partition coefficient (Wildman–Crippen LogP) is 3.08. The Morgan fingerprint density at radius 1 is 1.53 bits per heavy atom. The fourth-order valence-electron chi connectivity index (χ4n) is 1.44. The van der Waals surface area contributed by atoms with Crippen molar-refractivity contribution in [2.45, 2.75) is 19.4 Å². The largest absolute Gasteiger partial charge is 0.462 e. The third-order valence-electron chi connectivity index (χ3n) is 2.20. The molecule has 0 radical (unpaired) electrons. The van der Waals surface area contributed by atoms with E-state index < -0.39 is 18.3 Å². The quantitative estimate of drug-likeness (QED) is 0.617. The van der Waals surface area contributed by atoms with Crippen molar-refractivity contribution in [2.75, 3.05) is 6.61 Å². The normalized spacial score (nSPS) is 10.1. The molecule has 0 spiro atoms. The summed E-state index contributed by atoms with van der Waals surface area (Å²) < 4.78 is 33.7. The van der Waals surface area contributed by atoms with Crippen LogP contribution in [0, 0.1) is 11.3 Å². The van der Waals surface area contributed by atoms with Gasteiger partial charge in [0.2, 0.25) is 0 Å². The van der Waals surface area contributed by atoms with Gasteiger partial charge in [0.15, 0.2) is 5.75 Å². The van der Waals surface area contributed by atoms with Gasteiger partial charge in [-0.3, -0.25) is 0 Å². The van der Waals surface area contributed by atoms with E-state index >= 15 is 0 Å². The number of hydrogen-bond donors (Lipinski definition) is 0. The number of carbonyl (C=O) groups excluding carboxylic acids is 1. The summed E-state index contributed by atoms with van der Waals surface area (Å²) in [6.07, 6.45) is 0. The molecule has 0 aliphatic rings. The van der Waals surface area contributed by atoms with E-state index in [1.54, 1.807) is 13.0 Å². The molecule has 0 saturated carbocycles. The second-order valence-electron chi connectivity index (χ2n) is 3.32. The van der Waals surface area contributed by atoms with Crippen molar-refractivity contribution in [1.82, 2.24) is 0 Å². The van der Waals surface area contributed by atoms with Crippen LogP contribution in [0.5, 0.6) is 5.75 Å². The standard InChI is InChI=1S/C12H10ClF2NO3/c1-2-18-11(17)8-4-3-7(5-13)9(6-16)10(8)19-12(14)15/h3-4,12H,2,5H2,1H3. The molecular weight excluding hydrogens is 280 g/mol. The highest BCUT2D eigenvalue weighted by atomic mass is 35.5. The van der Waals surface area contributed by atoms with Gasteiger partial charge in [-0.05, 0) is 18.6 Å². The van der Waals surface area contributed by atoms with Crippen LogP contribution in [0.2, 0.25) is 0 Å². The van der Waals surface area contributed by atoms with Crippen LogP contribution < -0.4 is 4.74 Å². The van der Waals surface area contributed by atoms with E-state index in [0.29, 0.717) is 5.56 Å². The molecular formula is C12H10ClF2NO3. The Morgan fingerprint density at radius 3 is 2.68 bits per heavy atom. The summed E-state index contributed by atoms with van der Waals surface area (Å²) in [6.45, 7) is -1.51. The molecule has 1 aromatic carbocycles. The smallest absolute Gasteiger partial charge is 0.387 e. The van der Waals surface area contributed by atoms with Gasteiger partial charge >= 0.3 is 12.6 Å². The first kappa shape index (κ1) is 15.2. The number of ether oxygens (including phenoxy) is 2. The van der Waals surface area contributed by atoms with Gasteiger partial charge in [-0.25, -0.2) is 4.79 Å². The Bertz CT molecular complexity index is 514. The number of hydrogen-bond acceptors (Lipinski definition) is 4. The fourth-order valence-corrected chi connectivity index (χ4v) is 1.66. The minimum absolute atomic E-state index is 0.0639. The Morgan fingerprint density at radius 2 is 2.21 bits per heavy atom. The van der Waals surface area contributed by atoms with Crippen LogP contribution in [-0.2, 0) is 10.6 Å². The maximum absolute atomic E-state index is 12.4. The van der Waals surface area contributed by atoms with Gasteiger partial charge in [-0.15, -0.1) is 11.6 Å². The van der Waals surface area contributed by atoms with Crippen LogP contribution in [0.4, 0.5) is 8.78 Å². The lowest BCUT2D eigenvalue weighted by Gasteiger charge is -2.13. The van der Waals surface area contributed by atoms with Crippen molar-refractivity contribution in [3.8, 4) is 11.8 Å². The number of halogens is 3. The lowest BCUT2D eigenvalue weighted by atomic mass is 10.0. The van der Waals surface area contributed by atoms with Crippen molar-refractivity contribution in [3.05, 3.63) is 28.8 Å². The average Bonchev–Trinajstić information content (AvgIpc) is 2.37. The molecule has 102 valence electrons. The zero-order valence-corrected chi connectivity index (χ0v) is 10.7. The zero-order chi connectivity index (χ0) is 14.4. The van der Waals surface area contributed by atoms with Gasteiger partial charge in [0, 0.05) is 5.88 Å². The second-order valence-corrected chi connectivity index (χ2v) is 3.59. The third kappa shape index (κ3) is 3.55. The molecule has 0 N–H and O–H groups in total. The molecule has 19 heavy (non-hydrogen) atoms. The molecule has 0 bridgehead atoms. The first-order valence-corrected chi connectivity index (χ1v) is 5.82. The minimum atomic E-state index is -3.16. The van der Waals surface area contributed by atoms with E-state index in [9.17, 15) is 13.6 Å². The summed E-state index contributed by atoms with van der Waals surface area (Å²) in [5.74, 6) is -1.41. The SMILES string of the molecule is CCOC(=O)c1ccc(CCl)c(C#N)c1OC(F)F. The summed E-state index contributed by atoms with van der Waals surface area (Å²) >= 11 is 5.60. The summed E-state index contributed by atoms with van der Waals surface area (Å²) in [7, 11) is 0. The number of carbonyl (C=O) groups is 1. The third-order valence-corrected chi connectivity index (χ3v) is 2.49. The van der Waals surface area contributed by atoms with E-state index in [2.05, 4.69) is 4.74 Å². The number of nitrogens with zero attached hydrogens (tertiary/aromatic N) is 1. The molecule has 1 rings (SSSR count). The van der Waals surface area contributed by atoms with E-state index in [1.807, 2.05) is 0 Å². The molecule has 0 aromatic heterocycles. The monoisotopic (exact) mass is 289 g/mol. The molecule has 7 heteroatoms. The van der Waals surface area contributed by atoms with Gasteiger partial charge in [-0.1, -0.05) is 6.07 Å². The van der Waals surface area contributed by atoms with Crippen LogP contribution in [0.15, 0.2) is 12.1 Å². The topological polar surface area (TPSA) is 59.3 Å². The number of benzene rings is 1. The van der Waals surface area contributed by atoms with Gasteiger partial charge < -0.3 is 9.47 Å². The number of alkyl halides is 3. The van der Waals surface area contributed by atoms with E-state index in [-0.39, 0.29) is 23.6 Å². The van der Waals surface area contributed by atoms with Crippen LogP contribution in [0.3, 0.4) is 0 Å². The van der Waals surface area contributed by atoms with Crippen molar-refractivity contribution in [3.63, 3.8) is 0 Å². The molecule has 4 nitrogen and oxygen atoms in total. The molecule has 0 heterocycles. The van der Waals surface area contributed by atoms with Crippen LogP contribution in [0.1, 0.15) is 28.4 Å². The van der Waals surface area contributed by atoms with E-state index in [4.69, 9.17) is 21.6 Å². The van der Waals surface area contributed by atoms with Crippen molar-refractivity contribution >= 4 is 17.6 Å². The Kier molecular flexibility index (Phi) is 5.52. The summed E-state index contributed by atoms with van der Waals surface area (Å²) in [5.41, 5.74) is -0.124. The van der Waals surface area contributed by atoms with Gasteiger partial charge in [0.05, 0.1) is 12.2 Å². The first-order valence-electron chi connectivity index (χ1n) is 5.29. The molecule has 0 aliphatic carbocycles.